The van der Waals surface area contributed by atoms with E-state index in [4.69, 9.17) is 12.2 Å². The van der Waals surface area contributed by atoms with Gasteiger partial charge < -0.3 is 5.32 Å². The molecular formula is C16H12F4N4OS2. The van der Waals surface area contributed by atoms with Crippen molar-refractivity contribution in [3.63, 3.8) is 0 Å². The number of thioether (sulfide) groups is 1. The summed E-state index contributed by atoms with van der Waals surface area (Å²) in [6.07, 6.45) is -1.89. The molecule has 27 heavy (non-hydrogen) atoms. The van der Waals surface area contributed by atoms with Crippen LogP contribution in [-0.4, -0.2) is 27.2 Å². The van der Waals surface area contributed by atoms with Crippen LogP contribution in [-0.2, 0) is 11.0 Å². The summed E-state index contributed by atoms with van der Waals surface area (Å²) in [5.41, 5.74) is 1.91. The lowest BCUT2D eigenvalue weighted by Gasteiger charge is -2.09. The molecule has 0 saturated heterocycles. The largest absolute Gasteiger partial charge is 0.416 e. The highest BCUT2D eigenvalue weighted by Gasteiger charge is 2.29. The SMILES string of the molecule is O=C(CSC(=S)N/N=C/c1ncccc1F)Nc1ccc(C(F)(F)F)cc1. The predicted molar refractivity (Wildman–Crippen MR) is 100 cm³/mol. The number of thiocarbonyl (C=S) groups is 1. The topological polar surface area (TPSA) is 66.4 Å². The van der Waals surface area contributed by atoms with Crippen LogP contribution in [0.15, 0.2) is 47.7 Å². The van der Waals surface area contributed by atoms with Gasteiger partial charge in [-0.15, -0.1) is 0 Å². The maximum atomic E-state index is 13.3. The van der Waals surface area contributed by atoms with Gasteiger partial charge in [-0.25, -0.2) is 4.39 Å². The molecule has 142 valence electrons. The van der Waals surface area contributed by atoms with Gasteiger partial charge in [0, 0.05) is 11.9 Å². The first-order chi connectivity index (χ1) is 12.8. The Morgan fingerprint density at radius 2 is 1.96 bits per heavy atom. The lowest BCUT2D eigenvalue weighted by molar-refractivity contribution is -0.137. The third-order valence-corrected chi connectivity index (χ3v) is 4.16. The molecule has 1 amide bonds. The Hall–Kier alpha value is -2.53. The summed E-state index contributed by atoms with van der Waals surface area (Å²) < 4.78 is 50.9. The summed E-state index contributed by atoms with van der Waals surface area (Å²) >= 11 is 5.91. The molecule has 0 radical (unpaired) electrons. The molecule has 0 atom stereocenters. The average molecular weight is 416 g/mol. The van der Waals surface area contributed by atoms with Gasteiger partial charge in [-0.3, -0.25) is 15.2 Å². The summed E-state index contributed by atoms with van der Waals surface area (Å²) in [6, 6.07) is 6.74. The first-order valence-electron chi connectivity index (χ1n) is 7.29. The van der Waals surface area contributed by atoms with E-state index in [0.29, 0.717) is 0 Å². The molecule has 0 aliphatic rings. The van der Waals surface area contributed by atoms with E-state index in [1.54, 1.807) is 0 Å². The van der Waals surface area contributed by atoms with Gasteiger partial charge in [0.25, 0.3) is 0 Å². The fraction of sp³-hybridized carbons (Fsp3) is 0.125. The van der Waals surface area contributed by atoms with Crippen molar-refractivity contribution in [3.05, 3.63) is 59.7 Å². The van der Waals surface area contributed by atoms with Gasteiger partial charge in [0.15, 0.2) is 10.1 Å². The second-order valence-electron chi connectivity index (χ2n) is 4.94. The molecular weight excluding hydrogens is 404 g/mol. The molecule has 0 aliphatic carbocycles. The fourth-order valence-corrected chi connectivity index (χ4v) is 2.42. The highest BCUT2D eigenvalue weighted by Crippen LogP contribution is 2.29. The van der Waals surface area contributed by atoms with Crippen molar-refractivity contribution in [2.45, 2.75) is 6.18 Å². The van der Waals surface area contributed by atoms with Crippen molar-refractivity contribution in [1.29, 1.82) is 0 Å². The maximum Gasteiger partial charge on any atom is 0.416 e. The maximum absolute atomic E-state index is 13.3. The third-order valence-electron chi connectivity index (χ3n) is 2.96. The molecule has 1 heterocycles. The van der Waals surface area contributed by atoms with E-state index >= 15 is 0 Å². The number of pyridine rings is 1. The zero-order chi connectivity index (χ0) is 19.9. The van der Waals surface area contributed by atoms with E-state index < -0.39 is 23.5 Å². The predicted octanol–water partition coefficient (Wildman–Crippen LogP) is 3.82. The van der Waals surface area contributed by atoms with E-state index in [1.165, 1.54) is 18.3 Å². The van der Waals surface area contributed by atoms with Crippen LogP contribution >= 0.6 is 24.0 Å². The molecule has 0 bridgehead atoms. The van der Waals surface area contributed by atoms with Crippen LogP contribution in [0, 0.1) is 5.82 Å². The number of alkyl halides is 3. The molecule has 2 rings (SSSR count). The van der Waals surface area contributed by atoms with E-state index in [0.717, 1.165) is 42.2 Å². The number of benzene rings is 1. The van der Waals surface area contributed by atoms with Gasteiger partial charge in [0.1, 0.15) is 5.69 Å². The van der Waals surface area contributed by atoms with Gasteiger partial charge >= 0.3 is 6.18 Å². The zero-order valence-corrected chi connectivity index (χ0v) is 15.1. The van der Waals surface area contributed by atoms with E-state index in [9.17, 15) is 22.4 Å². The monoisotopic (exact) mass is 416 g/mol. The van der Waals surface area contributed by atoms with Crippen molar-refractivity contribution in [2.24, 2.45) is 5.10 Å². The van der Waals surface area contributed by atoms with Gasteiger partial charge in [0.2, 0.25) is 5.91 Å². The van der Waals surface area contributed by atoms with Gasteiger partial charge in [-0.2, -0.15) is 18.3 Å². The van der Waals surface area contributed by atoms with E-state index in [1.807, 2.05) is 0 Å². The summed E-state index contributed by atoms with van der Waals surface area (Å²) in [4.78, 5) is 15.6. The molecule has 1 aromatic carbocycles. The van der Waals surface area contributed by atoms with Crippen LogP contribution in [0.3, 0.4) is 0 Å². The molecule has 0 unspecified atom stereocenters. The second kappa shape index (κ2) is 9.42. The van der Waals surface area contributed by atoms with Crippen LogP contribution < -0.4 is 10.7 Å². The molecule has 2 N–H and O–H groups in total. The molecule has 2 aromatic rings. The number of anilines is 1. The van der Waals surface area contributed by atoms with Gasteiger partial charge in [-0.1, -0.05) is 24.0 Å². The first kappa shape index (κ1) is 20.8. The van der Waals surface area contributed by atoms with Crippen LogP contribution in [0.2, 0.25) is 0 Å². The van der Waals surface area contributed by atoms with Crippen LogP contribution in [0.5, 0.6) is 0 Å². The van der Waals surface area contributed by atoms with Crippen molar-refractivity contribution >= 4 is 46.1 Å². The lowest BCUT2D eigenvalue weighted by Crippen LogP contribution is -2.19. The Morgan fingerprint density at radius 1 is 1.26 bits per heavy atom. The number of carbonyl (C=O) groups excluding carboxylic acids is 1. The molecule has 5 nitrogen and oxygen atoms in total. The number of rotatable bonds is 5. The number of hydrogen-bond acceptors (Lipinski definition) is 5. The molecule has 11 heteroatoms. The Balaban J connectivity index is 1.76. The van der Waals surface area contributed by atoms with Crippen LogP contribution in [0.4, 0.5) is 23.2 Å². The quantitative estimate of drug-likeness (QED) is 0.336. The summed E-state index contributed by atoms with van der Waals surface area (Å²) in [5, 5.41) is 6.17. The normalized spacial score (nSPS) is 11.4. The number of nitrogens with zero attached hydrogens (tertiary/aromatic N) is 2. The number of nitrogens with one attached hydrogen (secondary N) is 2. The number of hydrogen-bond donors (Lipinski definition) is 2. The van der Waals surface area contributed by atoms with E-state index in [2.05, 4.69) is 20.8 Å². The third kappa shape index (κ3) is 6.94. The molecule has 0 spiro atoms. The number of carbonyl (C=O) groups is 1. The first-order valence-corrected chi connectivity index (χ1v) is 8.68. The van der Waals surface area contributed by atoms with Gasteiger partial charge in [0.05, 0.1) is 17.5 Å². The van der Waals surface area contributed by atoms with Crippen molar-refractivity contribution in [3.8, 4) is 0 Å². The Morgan fingerprint density at radius 3 is 2.59 bits per heavy atom. The second-order valence-corrected chi connectivity index (χ2v) is 6.59. The van der Waals surface area contributed by atoms with Crippen molar-refractivity contribution in [2.75, 3.05) is 11.1 Å². The minimum absolute atomic E-state index is 0.0258. The lowest BCUT2D eigenvalue weighted by atomic mass is 10.2. The Bertz CT molecular complexity index is 841. The standard InChI is InChI=1S/C16H12F4N4OS2/c17-12-2-1-7-21-13(12)8-22-24-15(26)27-9-14(25)23-11-5-3-10(4-6-11)16(18,19)20/h1-8H,9H2,(H,23,25)(H,24,26)/b22-8+. The highest BCUT2D eigenvalue weighted by atomic mass is 32.2. The van der Waals surface area contributed by atoms with Crippen LogP contribution in [0.25, 0.3) is 0 Å². The smallest absolute Gasteiger partial charge is 0.325 e. The molecule has 0 saturated carbocycles. The van der Waals surface area contributed by atoms with Crippen molar-refractivity contribution < 1.29 is 22.4 Å². The zero-order valence-electron chi connectivity index (χ0n) is 13.5. The minimum Gasteiger partial charge on any atom is -0.325 e. The fourth-order valence-electron chi connectivity index (χ4n) is 1.74. The van der Waals surface area contributed by atoms with E-state index in [-0.39, 0.29) is 21.5 Å². The Labute approximate surface area is 161 Å². The summed E-state index contributed by atoms with van der Waals surface area (Å²) in [6.45, 7) is 0. The summed E-state index contributed by atoms with van der Waals surface area (Å²) in [7, 11) is 0. The molecule has 0 aliphatic heterocycles. The number of hydrazone groups is 1. The number of halogens is 4. The van der Waals surface area contributed by atoms with Gasteiger partial charge in [-0.05, 0) is 36.4 Å². The molecule has 1 aromatic heterocycles. The number of amides is 1. The van der Waals surface area contributed by atoms with Crippen molar-refractivity contribution in [1.82, 2.24) is 10.4 Å². The Kier molecular flexibility index (Phi) is 7.25. The van der Waals surface area contributed by atoms with Crippen LogP contribution in [0.1, 0.15) is 11.3 Å². The highest BCUT2D eigenvalue weighted by molar-refractivity contribution is 8.23. The number of aromatic nitrogens is 1. The summed E-state index contributed by atoms with van der Waals surface area (Å²) in [5.74, 6) is -1.08. The minimum atomic E-state index is -4.44. The molecule has 0 fully saturated rings. The average Bonchev–Trinajstić information content (AvgIpc) is 2.61.